The van der Waals surface area contributed by atoms with Crippen LogP contribution in [0.1, 0.15) is 35.2 Å². The Morgan fingerprint density at radius 2 is 1.74 bits per heavy atom. The average Bonchev–Trinajstić information content (AvgIpc) is 2.83. The number of carbonyl (C=O) groups is 2. The van der Waals surface area contributed by atoms with Crippen LogP contribution in [0.15, 0.2) is 75.2 Å². The molecule has 2 N–H and O–H groups in total. The van der Waals surface area contributed by atoms with Gasteiger partial charge in [-0.2, -0.15) is 0 Å². The second-order valence-corrected chi connectivity index (χ2v) is 10.0. The number of benzene rings is 3. The van der Waals surface area contributed by atoms with E-state index in [1.165, 1.54) is 18.2 Å². The van der Waals surface area contributed by atoms with E-state index < -0.39 is 6.04 Å². The monoisotopic (exact) mass is 599 g/mol. The zero-order valence-electron chi connectivity index (χ0n) is 19.5. The molecule has 8 heteroatoms. The molecule has 180 valence electrons. The van der Waals surface area contributed by atoms with Crippen molar-refractivity contribution in [3.05, 3.63) is 103 Å². The van der Waals surface area contributed by atoms with Crippen molar-refractivity contribution in [3.63, 3.8) is 0 Å². The molecular weight excluding hydrogens is 577 g/mol. The number of amides is 3. The summed E-state index contributed by atoms with van der Waals surface area (Å²) < 4.78 is 15.3. The van der Waals surface area contributed by atoms with Crippen LogP contribution in [0.2, 0.25) is 0 Å². The summed E-state index contributed by atoms with van der Waals surface area (Å²) in [6.07, 6.45) is 0. The van der Waals surface area contributed by atoms with Gasteiger partial charge in [-0.3, -0.25) is 9.69 Å². The van der Waals surface area contributed by atoms with Crippen molar-refractivity contribution in [1.82, 2.24) is 10.2 Å². The molecule has 0 saturated heterocycles. The molecule has 1 aliphatic rings. The Bertz CT molecular complexity index is 1340. The molecule has 35 heavy (non-hydrogen) atoms. The highest BCUT2D eigenvalue weighted by molar-refractivity contribution is 9.11. The van der Waals surface area contributed by atoms with Crippen LogP contribution >= 0.6 is 31.9 Å². The molecule has 1 aliphatic heterocycles. The van der Waals surface area contributed by atoms with E-state index in [-0.39, 0.29) is 17.8 Å². The first kappa shape index (κ1) is 25.1. The number of halogens is 3. The minimum Gasteiger partial charge on any atom is -0.326 e. The number of anilines is 1. The van der Waals surface area contributed by atoms with Gasteiger partial charge in [0.15, 0.2) is 0 Å². The molecule has 0 bridgehead atoms. The third kappa shape index (κ3) is 5.04. The first-order chi connectivity index (χ1) is 16.7. The topological polar surface area (TPSA) is 61.4 Å². The van der Waals surface area contributed by atoms with Crippen molar-refractivity contribution < 1.29 is 14.0 Å². The minimum absolute atomic E-state index is 0.297. The van der Waals surface area contributed by atoms with Gasteiger partial charge in [0.2, 0.25) is 0 Å². The Morgan fingerprint density at radius 3 is 2.40 bits per heavy atom. The van der Waals surface area contributed by atoms with Crippen LogP contribution in [0, 0.1) is 19.7 Å². The van der Waals surface area contributed by atoms with E-state index >= 15 is 0 Å². The van der Waals surface area contributed by atoms with Gasteiger partial charge in [-0.15, -0.1) is 0 Å². The number of carbonyl (C=O) groups excluding carboxylic acids is 2. The number of nitrogens with one attached hydrogen (secondary N) is 2. The van der Waals surface area contributed by atoms with Gasteiger partial charge in [0.05, 0.1) is 17.3 Å². The molecular formula is C27H24Br2FN3O2. The van der Waals surface area contributed by atoms with Crippen LogP contribution in [0.25, 0.3) is 5.70 Å². The molecule has 0 spiro atoms. The molecule has 1 atom stereocenters. The first-order valence-corrected chi connectivity index (χ1v) is 12.7. The highest BCUT2D eigenvalue weighted by atomic mass is 79.9. The highest BCUT2D eigenvalue weighted by Crippen LogP contribution is 2.40. The molecule has 1 unspecified atom stereocenters. The second kappa shape index (κ2) is 10.3. The summed E-state index contributed by atoms with van der Waals surface area (Å²) in [5.74, 6) is -0.760. The fourth-order valence-electron chi connectivity index (χ4n) is 4.18. The van der Waals surface area contributed by atoms with Crippen molar-refractivity contribution in [2.75, 3.05) is 11.9 Å². The lowest BCUT2D eigenvalue weighted by Crippen LogP contribution is -2.48. The predicted molar refractivity (Wildman–Crippen MR) is 143 cm³/mol. The van der Waals surface area contributed by atoms with Crippen molar-refractivity contribution in [3.8, 4) is 0 Å². The minimum atomic E-state index is -0.729. The molecule has 0 aliphatic carbocycles. The smallest absolute Gasteiger partial charge is 0.322 e. The fourth-order valence-corrected chi connectivity index (χ4v) is 5.23. The number of hydrogen-bond donors (Lipinski definition) is 2. The quantitative estimate of drug-likeness (QED) is 0.328. The average molecular weight is 601 g/mol. The summed E-state index contributed by atoms with van der Waals surface area (Å²) in [6, 6.07) is 16.4. The maximum atomic E-state index is 13.9. The molecule has 0 saturated carbocycles. The maximum absolute atomic E-state index is 13.9. The highest BCUT2D eigenvalue weighted by Gasteiger charge is 2.38. The molecule has 5 nitrogen and oxygen atoms in total. The molecule has 1 heterocycles. The zero-order valence-corrected chi connectivity index (χ0v) is 22.6. The van der Waals surface area contributed by atoms with Gasteiger partial charge in [-0.25, -0.2) is 9.18 Å². The van der Waals surface area contributed by atoms with Crippen LogP contribution < -0.4 is 10.6 Å². The van der Waals surface area contributed by atoms with Gasteiger partial charge in [-0.1, -0.05) is 62.2 Å². The van der Waals surface area contributed by atoms with Gasteiger partial charge in [0.1, 0.15) is 5.82 Å². The van der Waals surface area contributed by atoms with Crippen LogP contribution in [0.3, 0.4) is 0 Å². The fraction of sp³-hybridized carbons (Fsp3) is 0.185. The summed E-state index contributed by atoms with van der Waals surface area (Å²) in [4.78, 5) is 28.8. The first-order valence-electron chi connectivity index (χ1n) is 11.1. The molecule has 3 aromatic carbocycles. The Labute approximate surface area is 220 Å². The van der Waals surface area contributed by atoms with E-state index in [0.717, 1.165) is 25.6 Å². The second-order valence-electron chi connectivity index (χ2n) is 8.29. The van der Waals surface area contributed by atoms with Crippen molar-refractivity contribution in [2.24, 2.45) is 0 Å². The molecule has 0 radical (unpaired) electrons. The summed E-state index contributed by atoms with van der Waals surface area (Å²) in [7, 11) is 0. The normalized spacial score (nSPS) is 15.8. The van der Waals surface area contributed by atoms with Gasteiger partial charge in [-0.05, 0) is 73.4 Å². The van der Waals surface area contributed by atoms with Crippen LogP contribution in [0.5, 0.6) is 0 Å². The Hall–Kier alpha value is -2.97. The van der Waals surface area contributed by atoms with Gasteiger partial charge >= 0.3 is 6.03 Å². The lowest BCUT2D eigenvalue weighted by atomic mass is 9.90. The molecule has 0 fully saturated rings. The SMILES string of the molecule is CCN1C(=O)NC(c2cc(Br)c(C)cc2Br)C(C(=O)Nc2ccc(F)cc2C)=C1c1ccccc1. The van der Waals surface area contributed by atoms with E-state index in [9.17, 15) is 14.0 Å². The van der Waals surface area contributed by atoms with Gasteiger partial charge < -0.3 is 10.6 Å². The van der Waals surface area contributed by atoms with Crippen LogP contribution in [-0.2, 0) is 4.79 Å². The molecule has 3 aromatic rings. The Kier molecular flexibility index (Phi) is 7.42. The maximum Gasteiger partial charge on any atom is 0.322 e. The van der Waals surface area contributed by atoms with Crippen LogP contribution in [-0.4, -0.2) is 23.4 Å². The van der Waals surface area contributed by atoms with E-state index in [1.807, 2.05) is 56.3 Å². The van der Waals surface area contributed by atoms with E-state index in [2.05, 4.69) is 42.5 Å². The molecule has 0 aromatic heterocycles. The standard InChI is InChI=1S/C27H24Br2FN3O2/c1-4-33-25(17-8-6-5-7-9-17)23(26(34)31-22-11-10-18(30)12-16(22)3)24(32-27(33)35)19-14-20(28)15(2)13-21(19)29/h5-14,24H,4H2,1-3H3,(H,31,34)(H,32,35). The summed E-state index contributed by atoms with van der Waals surface area (Å²) in [5, 5.41) is 5.96. The lowest BCUT2D eigenvalue weighted by Gasteiger charge is -2.37. The summed E-state index contributed by atoms with van der Waals surface area (Å²) in [5.41, 5.74) is 4.51. The predicted octanol–water partition coefficient (Wildman–Crippen LogP) is 7.10. The van der Waals surface area contributed by atoms with Crippen LogP contribution in [0.4, 0.5) is 14.9 Å². The zero-order chi connectivity index (χ0) is 25.3. The van der Waals surface area contributed by atoms with E-state index in [0.29, 0.717) is 29.1 Å². The Balaban J connectivity index is 1.95. The number of aryl methyl sites for hydroxylation is 2. The summed E-state index contributed by atoms with van der Waals surface area (Å²) >= 11 is 7.20. The van der Waals surface area contributed by atoms with Crippen molar-refractivity contribution in [1.29, 1.82) is 0 Å². The third-order valence-electron chi connectivity index (χ3n) is 5.96. The van der Waals surface area contributed by atoms with Gasteiger partial charge in [0.25, 0.3) is 5.91 Å². The van der Waals surface area contributed by atoms with Gasteiger partial charge in [0, 0.05) is 21.2 Å². The molecule has 4 rings (SSSR count). The lowest BCUT2D eigenvalue weighted by molar-refractivity contribution is -0.113. The number of urea groups is 1. The van der Waals surface area contributed by atoms with E-state index in [1.54, 1.807) is 11.8 Å². The number of rotatable bonds is 5. The number of nitrogens with zero attached hydrogens (tertiary/aromatic N) is 1. The third-order valence-corrected chi connectivity index (χ3v) is 7.50. The summed E-state index contributed by atoms with van der Waals surface area (Å²) in [6.45, 7) is 5.93. The largest absolute Gasteiger partial charge is 0.326 e. The molecule has 3 amide bonds. The number of hydrogen-bond acceptors (Lipinski definition) is 2. The van der Waals surface area contributed by atoms with Crippen molar-refractivity contribution >= 4 is 55.2 Å². The van der Waals surface area contributed by atoms with E-state index in [4.69, 9.17) is 0 Å². The van der Waals surface area contributed by atoms with Crippen molar-refractivity contribution in [2.45, 2.75) is 26.8 Å². The Morgan fingerprint density at radius 1 is 1.03 bits per heavy atom.